The van der Waals surface area contributed by atoms with Gasteiger partial charge in [0.05, 0.1) is 0 Å². The third-order valence-corrected chi connectivity index (χ3v) is 1.88. The van der Waals surface area contributed by atoms with Crippen molar-refractivity contribution in [2.24, 2.45) is 0 Å². The van der Waals surface area contributed by atoms with E-state index in [1.165, 1.54) is 24.3 Å². The number of benzene rings is 1. The lowest BCUT2D eigenvalue weighted by Crippen LogP contribution is -2.02. The van der Waals surface area contributed by atoms with Crippen LogP contribution in [0.5, 0.6) is 5.75 Å². The highest BCUT2D eigenvalue weighted by molar-refractivity contribution is 9.06. The molecular formula is C8H6BrF3O. The number of hydrogen-bond donors (Lipinski definition) is 0. The second-order valence-corrected chi connectivity index (χ2v) is 2.71. The van der Waals surface area contributed by atoms with Gasteiger partial charge in [0.1, 0.15) is 5.75 Å². The lowest BCUT2D eigenvalue weighted by Gasteiger charge is -2.06. The highest BCUT2D eigenvalue weighted by Crippen LogP contribution is 2.26. The van der Waals surface area contributed by atoms with E-state index >= 15 is 0 Å². The number of halogens is 4. The molecule has 0 heterocycles. The second-order valence-electron chi connectivity index (χ2n) is 2.38. The second kappa shape index (κ2) is 4.50. The molecule has 13 heavy (non-hydrogen) atoms. The molecule has 0 saturated carbocycles. The van der Waals surface area contributed by atoms with Crippen LogP contribution in [-0.2, 0) is 0 Å². The molecule has 1 nitrogen and oxygen atoms in total. The van der Waals surface area contributed by atoms with Gasteiger partial charge in [0.15, 0.2) is 22.4 Å². The number of rotatable bonds is 3. The van der Waals surface area contributed by atoms with E-state index in [-0.39, 0.29) is 5.56 Å². The zero-order chi connectivity index (χ0) is 9.84. The fourth-order valence-electron chi connectivity index (χ4n) is 0.849. The minimum absolute atomic E-state index is 0.0525. The maximum Gasteiger partial charge on any atom is 0.273 e. The minimum Gasteiger partial charge on any atom is -0.418 e. The first kappa shape index (κ1) is 10.4. The van der Waals surface area contributed by atoms with Gasteiger partial charge in [0.2, 0.25) is 0 Å². The molecule has 72 valence electrons. The normalized spacial score (nSPS) is 13.0. The third kappa shape index (κ3) is 2.62. The molecule has 1 unspecified atom stereocenters. The van der Waals surface area contributed by atoms with Gasteiger partial charge in [-0.2, -0.15) is 0 Å². The molecular weight excluding hydrogens is 249 g/mol. The predicted molar refractivity (Wildman–Crippen MR) is 45.9 cm³/mol. The van der Waals surface area contributed by atoms with Crippen molar-refractivity contribution >= 4 is 16.3 Å². The minimum atomic E-state index is -2.99. The molecule has 0 bridgehead atoms. The predicted octanol–water partition coefficient (Wildman–Crippen LogP) is 3.65. The summed E-state index contributed by atoms with van der Waals surface area (Å²) in [7, 11) is 0. The van der Waals surface area contributed by atoms with E-state index in [1.54, 1.807) is 0 Å². The van der Waals surface area contributed by atoms with Gasteiger partial charge in [-0.3, -0.25) is 0 Å². The van der Waals surface area contributed by atoms with Crippen molar-refractivity contribution in [3.05, 3.63) is 29.8 Å². The first-order valence-corrected chi connectivity index (χ1v) is 4.10. The molecule has 0 N–H and O–H groups in total. The summed E-state index contributed by atoms with van der Waals surface area (Å²) in [5.41, 5.74) is -0.0525. The van der Waals surface area contributed by atoms with E-state index in [9.17, 15) is 13.2 Å². The Kier molecular flexibility index (Phi) is 3.59. The molecule has 0 amide bonds. The van der Waals surface area contributed by atoms with E-state index in [2.05, 4.69) is 20.1 Å². The molecule has 5 heteroatoms. The Balaban J connectivity index is 2.79. The molecule has 0 radical (unpaired) electrons. The Bertz CT molecular complexity index is 263. The van der Waals surface area contributed by atoms with Crippen molar-refractivity contribution in [2.45, 2.75) is 12.6 Å². The Morgan fingerprint density at radius 3 is 2.00 bits per heavy atom. The fourth-order valence-corrected chi connectivity index (χ4v) is 1.06. The maximum absolute atomic E-state index is 12.7. The molecule has 1 atom stereocenters. The third-order valence-electron chi connectivity index (χ3n) is 1.51. The summed E-state index contributed by atoms with van der Waals surface area (Å²) in [6.45, 7) is 0. The van der Waals surface area contributed by atoms with Crippen LogP contribution < -0.4 is 3.83 Å². The van der Waals surface area contributed by atoms with Crippen LogP contribution in [0.1, 0.15) is 11.7 Å². The molecule has 1 aromatic rings. The van der Waals surface area contributed by atoms with Gasteiger partial charge >= 0.3 is 0 Å². The highest BCUT2D eigenvalue weighted by atomic mass is 79.9. The van der Waals surface area contributed by atoms with Crippen LogP contribution in [0.2, 0.25) is 0 Å². The average molecular weight is 255 g/mol. The van der Waals surface area contributed by atoms with Crippen LogP contribution >= 0.6 is 16.3 Å². The van der Waals surface area contributed by atoms with Gasteiger partial charge in [-0.1, -0.05) is 12.1 Å². The molecule has 0 aliphatic carbocycles. The summed E-state index contributed by atoms with van der Waals surface area (Å²) in [4.78, 5) is 0. The van der Waals surface area contributed by atoms with E-state index in [1.807, 2.05) is 0 Å². The van der Waals surface area contributed by atoms with Crippen LogP contribution in [-0.4, -0.2) is 6.43 Å². The topological polar surface area (TPSA) is 9.23 Å². The van der Waals surface area contributed by atoms with E-state index in [0.717, 1.165) is 0 Å². The number of alkyl halides is 3. The van der Waals surface area contributed by atoms with Crippen molar-refractivity contribution in [1.29, 1.82) is 0 Å². The molecule has 0 aliphatic rings. The van der Waals surface area contributed by atoms with Crippen LogP contribution in [0, 0.1) is 0 Å². The number of hydrogen-bond acceptors (Lipinski definition) is 1. The highest BCUT2D eigenvalue weighted by Gasteiger charge is 2.20. The van der Waals surface area contributed by atoms with Crippen molar-refractivity contribution < 1.29 is 17.0 Å². The van der Waals surface area contributed by atoms with E-state index in [4.69, 9.17) is 0 Å². The first-order valence-electron chi connectivity index (χ1n) is 3.46. The summed E-state index contributed by atoms with van der Waals surface area (Å²) >= 11 is 2.71. The Morgan fingerprint density at radius 1 is 1.08 bits per heavy atom. The summed E-state index contributed by atoms with van der Waals surface area (Å²) in [5.74, 6) is 0.435. The van der Waals surface area contributed by atoms with E-state index < -0.39 is 12.6 Å². The van der Waals surface area contributed by atoms with Gasteiger partial charge in [0.25, 0.3) is 6.43 Å². The van der Waals surface area contributed by atoms with Crippen molar-refractivity contribution in [1.82, 2.24) is 0 Å². The SMILES string of the molecule is FC(F)C(F)c1ccc(OBr)cc1. The van der Waals surface area contributed by atoms with Crippen molar-refractivity contribution in [3.8, 4) is 5.75 Å². The summed E-state index contributed by atoms with van der Waals surface area (Å²) in [6.07, 6.45) is -5.22. The van der Waals surface area contributed by atoms with Gasteiger partial charge in [0, 0.05) is 0 Å². The zero-order valence-electron chi connectivity index (χ0n) is 6.38. The lowest BCUT2D eigenvalue weighted by atomic mass is 10.1. The molecule has 0 aliphatic heterocycles. The molecule has 0 spiro atoms. The first-order chi connectivity index (χ1) is 6.15. The zero-order valence-corrected chi connectivity index (χ0v) is 7.97. The Labute approximate surface area is 82.0 Å². The monoisotopic (exact) mass is 254 g/mol. The summed E-state index contributed by atoms with van der Waals surface area (Å²) in [5, 5.41) is 0. The van der Waals surface area contributed by atoms with Gasteiger partial charge < -0.3 is 3.83 Å². The van der Waals surface area contributed by atoms with Crippen molar-refractivity contribution in [2.75, 3.05) is 0 Å². The smallest absolute Gasteiger partial charge is 0.273 e. The van der Waals surface area contributed by atoms with Gasteiger partial charge in [-0.15, -0.1) is 0 Å². The van der Waals surface area contributed by atoms with Crippen molar-refractivity contribution in [3.63, 3.8) is 0 Å². The Hall–Kier alpha value is -0.710. The van der Waals surface area contributed by atoms with Crippen LogP contribution in [0.4, 0.5) is 13.2 Å². The quantitative estimate of drug-likeness (QED) is 0.800. The molecule has 1 aromatic carbocycles. The average Bonchev–Trinajstić information content (AvgIpc) is 2.17. The van der Waals surface area contributed by atoms with Gasteiger partial charge in [-0.05, 0) is 17.7 Å². The lowest BCUT2D eigenvalue weighted by molar-refractivity contribution is 0.0495. The molecule has 0 saturated heterocycles. The Morgan fingerprint density at radius 2 is 1.62 bits per heavy atom. The largest absolute Gasteiger partial charge is 0.418 e. The molecule has 0 aromatic heterocycles. The fraction of sp³-hybridized carbons (Fsp3) is 0.250. The summed E-state index contributed by atoms with van der Waals surface area (Å²) < 4.78 is 41.1. The standard InChI is InChI=1S/C8H6BrF3O/c9-13-6-3-1-5(2-4-6)7(10)8(11)12/h1-4,7-8H. The summed E-state index contributed by atoms with van der Waals surface area (Å²) in [6, 6.07) is 5.32. The molecule has 1 rings (SSSR count). The van der Waals surface area contributed by atoms with E-state index in [0.29, 0.717) is 5.75 Å². The maximum atomic E-state index is 12.7. The van der Waals surface area contributed by atoms with Crippen LogP contribution in [0.15, 0.2) is 24.3 Å². The van der Waals surface area contributed by atoms with Crippen LogP contribution in [0.25, 0.3) is 0 Å². The van der Waals surface area contributed by atoms with Crippen LogP contribution in [0.3, 0.4) is 0 Å². The molecule has 0 fully saturated rings. The van der Waals surface area contributed by atoms with Gasteiger partial charge in [-0.25, -0.2) is 13.2 Å².